The number of alkyl halides is 3. The molecule has 2 aromatic rings. The van der Waals surface area contributed by atoms with Crippen LogP contribution in [-0.2, 0) is 25.6 Å². The van der Waals surface area contributed by atoms with Crippen molar-refractivity contribution in [3.8, 4) is 0 Å². The van der Waals surface area contributed by atoms with Crippen molar-refractivity contribution in [2.75, 3.05) is 31.6 Å². The molecule has 1 atom stereocenters. The summed E-state index contributed by atoms with van der Waals surface area (Å²) in [5.41, 5.74) is 1.37. The molecule has 1 aliphatic heterocycles. The van der Waals surface area contributed by atoms with E-state index in [2.05, 4.69) is 10.2 Å². The van der Waals surface area contributed by atoms with Crippen LogP contribution in [-0.4, -0.2) is 66.0 Å². The third-order valence-corrected chi connectivity index (χ3v) is 7.17. The van der Waals surface area contributed by atoms with Gasteiger partial charge in [-0.3, -0.25) is 14.5 Å². The van der Waals surface area contributed by atoms with Gasteiger partial charge in [-0.25, -0.2) is 0 Å². The smallest absolute Gasteiger partial charge is 0.406 e. The molecule has 1 saturated heterocycles. The number of piperidine rings is 1. The van der Waals surface area contributed by atoms with Crippen LogP contribution in [0, 0.1) is 15.5 Å². The summed E-state index contributed by atoms with van der Waals surface area (Å²) in [6.45, 7) is 7.97. The SMILES string of the molecule is CC(C)C(=O)OCC(CN1CCC(Nc2cccc3c2cc(I)n3CC(F)(F)F)CC1)OC(=O)C(C)C. The van der Waals surface area contributed by atoms with Crippen molar-refractivity contribution >= 4 is 51.1 Å². The second-order valence-corrected chi connectivity index (χ2v) is 11.2. The number of nitrogens with zero attached hydrogens (tertiary/aromatic N) is 2. The molecular weight excluding hydrogens is 602 g/mol. The number of hydrogen-bond acceptors (Lipinski definition) is 6. The Morgan fingerprint density at radius 3 is 2.35 bits per heavy atom. The number of halogens is 4. The van der Waals surface area contributed by atoms with E-state index >= 15 is 0 Å². The van der Waals surface area contributed by atoms with Crippen LogP contribution in [0.3, 0.4) is 0 Å². The van der Waals surface area contributed by atoms with Crippen LogP contribution >= 0.6 is 22.6 Å². The van der Waals surface area contributed by atoms with Gasteiger partial charge in [0.15, 0.2) is 0 Å². The minimum absolute atomic E-state index is 0.0171. The van der Waals surface area contributed by atoms with E-state index < -0.39 is 18.8 Å². The highest BCUT2D eigenvalue weighted by Gasteiger charge is 2.30. The molecule has 0 aliphatic carbocycles. The topological polar surface area (TPSA) is 72.8 Å². The summed E-state index contributed by atoms with van der Waals surface area (Å²) >= 11 is 1.94. The third kappa shape index (κ3) is 8.49. The molecule has 1 unspecified atom stereocenters. The standard InChI is InChI=1S/C26H35F3IN3O4/c1-16(2)24(34)36-14-19(37-25(35)17(3)4)13-32-10-8-18(9-11-32)31-21-6-5-7-22-20(21)12-23(30)33(22)15-26(27,28)29/h5-7,12,16-19,31H,8-11,13-15H2,1-4H3. The lowest BCUT2D eigenvalue weighted by Gasteiger charge is -2.35. The molecule has 206 valence electrons. The molecule has 0 bridgehead atoms. The number of esters is 2. The maximum absolute atomic E-state index is 13.1. The molecule has 1 fully saturated rings. The van der Waals surface area contributed by atoms with E-state index in [0.29, 0.717) is 15.8 Å². The Hall–Kier alpha value is -2.02. The van der Waals surface area contributed by atoms with Crippen molar-refractivity contribution in [3.63, 3.8) is 0 Å². The molecule has 0 spiro atoms. The molecule has 0 radical (unpaired) electrons. The summed E-state index contributed by atoms with van der Waals surface area (Å²) in [4.78, 5) is 26.3. The maximum atomic E-state index is 13.1. The maximum Gasteiger partial charge on any atom is 0.406 e. The van der Waals surface area contributed by atoms with Crippen LogP contribution < -0.4 is 5.32 Å². The second kappa shape index (κ2) is 12.7. The summed E-state index contributed by atoms with van der Waals surface area (Å²) in [6.07, 6.45) is -3.22. The number of likely N-dealkylation sites (tertiary alicyclic amines) is 1. The van der Waals surface area contributed by atoms with Crippen LogP contribution in [0.1, 0.15) is 40.5 Å². The Morgan fingerprint density at radius 1 is 1.11 bits per heavy atom. The highest BCUT2D eigenvalue weighted by molar-refractivity contribution is 14.1. The minimum Gasteiger partial charge on any atom is -0.461 e. The van der Waals surface area contributed by atoms with E-state index in [9.17, 15) is 22.8 Å². The zero-order chi connectivity index (χ0) is 27.3. The first-order valence-electron chi connectivity index (χ1n) is 12.5. The lowest BCUT2D eigenvalue weighted by molar-refractivity contribution is -0.164. The second-order valence-electron chi connectivity index (χ2n) is 10.1. The van der Waals surface area contributed by atoms with Gasteiger partial charge >= 0.3 is 18.1 Å². The zero-order valence-corrected chi connectivity index (χ0v) is 23.8. The molecule has 1 aliphatic rings. The lowest BCUT2D eigenvalue weighted by Crippen LogP contribution is -2.45. The number of benzene rings is 1. The van der Waals surface area contributed by atoms with E-state index in [1.807, 2.05) is 28.7 Å². The van der Waals surface area contributed by atoms with E-state index in [4.69, 9.17) is 9.47 Å². The Bertz CT molecular complexity index is 1080. The largest absolute Gasteiger partial charge is 0.461 e. The summed E-state index contributed by atoms with van der Waals surface area (Å²) in [5, 5.41) is 4.29. The van der Waals surface area contributed by atoms with E-state index in [-0.39, 0.29) is 36.4 Å². The Balaban J connectivity index is 1.60. The monoisotopic (exact) mass is 637 g/mol. The quantitative estimate of drug-likeness (QED) is 0.276. The first kappa shape index (κ1) is 29.5. The fourth-order valence-electron chi connectivity index (χ4n) is 4.25. The fraction of sp³-hybridized carbons (Fsp3) is 0.615. The molecule has 1 aromatic carbocycles. The first-order valence-corrected chi connectivity index (χ1v) is 13.6. The number of carbonyl (C=O) groups is 2. The van der Waals surface area contributed by atoms with Crippen molar-refractivity contribution in [1.82, 2.24) is 9.47 Å². The molecule has 0 amide bonds. The van der Waals surface area contributed by atoms with Crippen LogP contribution in [0.2, 0.25) is 0 Å². The Kier molecular flexibility index (Phi) is 10.1. The Labute approximate surface area is 229 Å². The number of rotatable bonds is 10. The van der Waals surface area contributed by atoms with Gasteiger partial charge in [-0.1, -0.05) is 33.8 Å². The average molecular weight is 637 g/mol. The van der Waals surface area contributed by atoms with Crippen molar-refractivity contribution in [2.24, 2.45) is 11.8 Å². The van der Waals surface area contributed by atoms with Gasteiger partial charge in [-0.05, 0) is 53.6 Å². The van der Waals surface area contributed by atoms with Crippen molar-refractivity contribution in [3.05, 3.63) is 28.0 Å². The third-order valence-electron chi connectivity index (χ3n) is 6.28. The predicted molar refractivity (Wildman–Crippen MR) is 144 cm³/mol. The van der Waals surface area contributed by atoms with Crippen LogP contribution in [0.4, 0.5) is 18.9 Å². The molecule has 0 saturated carbocycles. The van der Waals surface area contributed by atoms with Crippen LogP contribution in [0.5, 0.6) is 0 Å². The van der Waals surface area contributed by atoms with Gasteiger partial charge < -0.3 is 19.4 Å². The highest BCUT2D eigenvalue weighted by Crippen LogP contribution is 2.32. The first-order chi connectivity index (χ1) is 17.3. The molecule has 2 heterocycles. The lowest BCUT2D eigenvalue weighted by atomic mass is 10.0. The molecular formula is C26H35F3IN3O4. The van der Waals surface area contributed by atoms with Gasteiger partial charge in [0, 0.05) is 36.7 Å². The number of aromatic nitrogens is 1. The van der Waals surface area contributed by atoms with Crippen LogP contribution in [0.25, 0.3) is 10.9 Å². The summed E-state index contributed by atoms with van der Waals surface area (Å²) in [6, 6.07) is 7.32. The minimum atomic E-state index is -4.30. The van der Waals surface area contributed by atoms with Gasteiger partial charge in [0.05, 0.1) is 21.1 Å². The van der Waals surface area contributed by atoms with E-state index in [0.717, 1.165) is 37.0 Å². The van der Waals surface area contributed by atoms with E-state index in [1.54, 1.807) is 45.9 Å². The van der Waals surface area contributed by atoms with Gasteiger partial charge in [-0.15, -0.1) is 0 Å². The summed E-state index contributed by atoms with van der Waals surface area (Å²) in [7, 11) is 0. The fourth-order valence-corrected chi connectivity index (χ4v) is 4.99. The summed E-state index contributed by atoms with van der Waals surface area (Å²) < 4.78 is 52.0. The van der Waals surface area contributed by atoms with Gasteiger partial charge in [0.1, 0.15) is 19.3 Å². The van der Waals surface area contributed by atoms with Crippen LogP contribution in [0.15, 0.2) is 24.3 Å². The molecule has 3 rings (SSSR count). The van der Waals surface area contributed by atoms with Gasteiger partial charge in [0.25, 0.3) is 0 Å². The average Bonchev–Trinajstić information content (AvgIpc) is 3.13. The zero-order valence-electron chi connectivity index (χ0n) is 21.6. The number of hydrogen-bond donors (Lipinski definition) is 1. The highest BCUT2D eigenvalue weighted by atomic mass is 127. The van der Waals surface area contributed by atoms with Gasteiger partial charge in [-0.2, -0.15) is 13.2 Å². The number of fused-ring (bicyclic) bond motifs is 1. The molecule has 1 aromatic heterocycles. The number of anilines is 1. The van der Waals surface area contributed by atoms with Crippen molar-refractivity contribution < 1.29 is 32.2 Å². The Morgan fingerprint density at radius 2 is 1.76 bits per heavy atom. The van der Waals surface area contributed by atoms with Crippen molar-refractivity contribution in [1.29, 1.82) is 0 Å². The molecule has 37 heavy (non-hydrogen) atoms. The molecule has 7 nitrogen and oxygen atoms in total. The van der Waals surface area contributed by atoms with Gasteiger partial charge in [0.2, 0.25) is 0 Å². The predicted octanol–water partition coefficient (Wildman–Crippen LogP) is 5.45. The molecule has 1 N–H and O–H groups in total. The molecule has 11 heteroatoms. The normalized spacial score (nSPS) is 16.4. The number of nitrogens with one attached hydrogen (secondary N) is 1. The van der Waals surface area contributed by atoms with E-state index in [1.165, 1.54) is 4.57 Å². The number of carbonyl (C=O) groups excluding carboxylic acids is 2. The number of ether oxygens (including phenoxy) is 2. The summed E-state index contributed by atoms with van der Waals surface area (Å²) in [5.74, 6) is -1.21. The van der Waals surface area contributed by atoms with Crippen molar-refractivity contribution in [2.45, 2.75) is 65.4 Å².